The SMILES string of the molecule is CCC(C)NC(=O)CC1=CSC2=NC(C)=C(C(=O)Nc3ccccc3)C(c3cccc(C)c3)N12. The van der Waals surface area contributed by atoms with Gasteiger partial charge in [-0.1, -0.05) is 66.7 Å². The number of thioether (sulfide) groups is 1. The third-order valence-electron chi connectivity index (χ3n) is 6.00. The van der Waals surface area contributed by atoms with Gasteiger partial charge in [-0.3, -0.25) is 9.59 Å². The first-order valence-corrected chi connectivity index (χ1v) is 12.4. The largest absolute Gasteiger partial charge is 0.353 e. The number of nitrogens with zero attached hydrogens (tertiary/aromatic N) is 2. The number of allylic oxidation sites excluding steroid dienone is 1. The number of aryl methyl sites for hydroxylation is 1. The van der Waals surface area contributed by atoms with Crippen molar-refractivity contribution in [3.8, 4) is 0 Å². The van der Waals surface area contributed by atoms with Crippen LogP contribution in [0.2, 0.25) is 0 Å². The summed E-state index contributed by atoms with van der Waals surface area (Å²) >= 11 is 1.49. The predicted molar refractivity (Wildman–Crippen MR) is 139 cm³/mol. The fourth-order valence-corrected chi connectivity index (χ4v) is 5.09. The van der Waals surface area contributed by atoms with Gasteiger partial charge in [0.25, 0.3) is 5.91 Å². The zero-order valence-corrected chi connectivity index (χ0v) is 20.8. The molecule has 0 fully saturated rings. The van der Waals surface area contributed by atoms with Crippen LogP contribution in [-0.2, 0) is 9.59 Å². The molecule has 4 rings (SSSR count). The number of nitrogens with one attached hydrogen (secondary N) is 2. The van der Waals surface area contributed by atoms with Gasteiger partial charge < -0.3 is 15.5 Å². The summed E-state index contributed by atoms with van der Waals surface area (Å²) in [5.41, 5.74) is 4.92. The molecule has 2 amide bonds. The average molecular weight is 475 g/mol. The molecule has 0 saturated carbocycles. The molecule has 0 aliphatic carbocycles. The van der Waals surface area contributed by atoms with Gasteiger partial charge in [0, 0.05) is 17.4 Å². The molecule has 2 aliphatic heterocycles. The van der Waals surface area contributed by atoms with Gasteiger partial charge in [0.15, 0.2) is 5.17 Å². The van der Waals surface area contributed by atoms with Crippen molar-refractivity contribution in [3.05, 3.63) is 88.1 Å². The minimum Gasteiger partial charge on any atom is -0.353 e. The van der Waals surface area contributed by atoms with E-state index in [1.165, 1.54) is 11.8 Å². The normalized spacial score (nSPS) is 18.1. The van der Waals surface area contributed by atoms with Crippen molar-refractivity contribution in [2.75, 3.05) is 5.32 Å². The molecular formula is C27H30N4O2S. The third kappa shape index (κ3) is 5.09. The van der Waals surface area contributed by atoms with Crippen LogP contribution in [0.3, 0.4) is 0 Å². The van der Waals surface area contributed by atoms with Crippen molar-refractivity contribution in [2.45, 2.75) is 52.6 Å². The van der Waals surface area contributed by atoms with E-state index < -0.39 is 0 Å². The van der Waals surface area contributed by atoms with E-state index in [4.69, 9.17) is 4.99 Å². The topological polar surface area (TPSA) is 73.8 Å². The third-order valence-corrected chi connectivity index (χ3v) is 6.88. The van der Waals surface area contributed by atoms with Crippen molar-refractivity contribution >= 4 is 34.4 Å². The molecule has 2 aromatic rings. The first kappa shape index (κ1) is 23.8. The van der Waals surface area contributed by atoms with Crippen molar-refractivity contribution < 1.29 is 9.59 Å². The van der Waals surface area contributed by atoms with E-state index in [0.717, 1.165) is 34.1 Å². The molecule has 2 aliphatic rings. The Bertz CT molecular complexity index is 1190. The van der Waals surface area contributed by atoms with E-state index in [2.05, 4.69) is 16.7 Å². The molecule has 2 aromatic carbocycles. The van der Waals surface area contributed by atoms with Crippen LogP contribution in [0.1, 0.15) is 50.8 Å². The summed E-state index contributed by atoms with van der Waals surface area (Å²) in [7, 11) is 0. The summed E-state index contributed by atoms with van der Waals surface area (Å²) in [6, 6.07) is 17.3. The first-order valence-electron chi connectivity index (χ1n) is 11.5. The molecule has 2 atom stereocenters. The molecule has 6 nitrogen and oxygen atoms in total. The Morgan fingerprint density at radius 1 is 1.12 bits per heavy atom. The Morgan fingerprint density at radius 3 is 2.59 bits per heavy atom. The lowest BCUT2D eigenvalue weighted by molar-refractivity contribution is -0.121. The second kappa shape index (κ2) is 10.3. The molecule has 0 saturated heterocycles. The van der Waals surface area contributed by atoms with Gasteiger partial charge in [-0.05, 0) is 50.3 Å². The zero-order chi connectivity index (χ0) is 24.2. The standard InChI is InChI=1S/C27H30N4O2S/c1-5-18(3)28-23(32)15-22-16-34-27-29-19(4)24(26(33)30-21-12-7-6-8-13-21)25(31(22)27)20-11-9-10-17(2)14-20/h6-14,16,18,25H,5,15H2,1-4H3,(H,28,32)(H,30,33). The van der Waals surface area contributed by atoms with E-state index in [0.29, 0.717) is 11.3 Å². The molecule has 2 heterocycles. The summed E-state index contributed by atoms with van der Waals surface area (Å²) in [6.45, 7) is 7.96. The second-order valence-electron chi connectivity index (χ2n) is 8.68. The van der Waals surface area contributed by atoms with E-state index in [9.17, 15) is 9.59 Å². The van der Waals surface area contributed by atoms with Crippen molar-refractivity contribution in [1.82, 2.24) is 10.2 Å². The van der Waals surface area contributed by atoms with E-state index in [1.54, 1.807) is 0 Å². The molecule has 0 spiro atoms. The number of carbonyl (C=O) groups is 2. The fraction of sp³-hybridized carbons (Fsp3) is 0.296. The number of anilines is 1. The molecule has 34 heavy (non-hydrogen) atoms. The van der Waals surface area contributed by atoms with E-state index in [-0.39, 0.29) is 30.3 Å². The molecular weight excluding hydrogens is 444 g/mol. The number of amidine groups is 1. The quantitative estimate of drug-likeness (QED) is 0.555. The fourth-order valence-electron chi connectivity index (χ4n) is 4.13. The summed E-state index contributed by atoms with van der Waals surface area (Å²) in [5, 5.41) is 8.83. The number of amides is 2. The van der Waals surface area contributed by atoms with Gasteiger partial charge in [-0.25, -0.2) is 4.99 Å². The Kier molecular flexibility index (Phi) is 7.22. The smallest absolute Gasteiger partial charge is 0.255 e. The van der Waals surface area contributed by atoms with Crippen molar-refractivity contribution in [1.29, 1.82) is 0 Å². The predicted octanol–water partition coefficient (Wildman–Crippen LogP) is 5.51. The van der Waals surface area contributed by atoms with Crippen LogP contribution in [0.5, 0.6) is 0 Å². The van der Waals surface area contributed by atoms with Crippen LogP contribution >= 0.6 is 11.8 Å². The van der Waals surface area contributed by atoms with Gasteiger partial charge in [-0.2, -0.15) is 0 Å². The van der Waals surface area contributed by atoms with Crippen molar-refractivity contribution in [3.63, 3.8) is 0 Å². The molecule has 0 aromatic heterocycles. The van der Waals surface area contributed by atoms with Gasteiger partial charge in [0.05, 0.1) is 23.7 Å². The molecule has 2 N–H and O–H groups in total. The summed E-state index contributed by atoms with van der Waals surface area (Å²) < 4.78 is 0. The maximum atomic E-state index is 13.6. The van der Waals surface area contributed by atoms with Crippen LogP contribution < -0.4 is 10.6 Å². The summed E-state index contributed by atoms with van der Waals surface area (Å²) in [6.07, 6.45) is 1.10. The lowest BCUT2D eigenvalue weighted by Crippen LogP contribution is -2.39. The summed E-state index contributed by atoms with van der Waals surface area (Å²) in [5.74, 6) is -0.231. The minimum absolute atomic E-state index is 0.0352. The van der Waals surface area contributed by atoms with Crippen LogP contribution in [0.4, 0.5) is 5.69 Å². The van der Waals surface area contributed by atoms with Crippen LogP contribution in [0.25, 0.3) is 0 Å². The number of aliphatic imine (C=N–C) groups is 1. The van der Waals surface area contributed by atoms with Gasteiger partial charge in [0.2, 0.25) is 5.91 Å². The van der Waals surface area contributed by atoms with Gasteiger partial charge in [-0.15, -0.1) is 0 Å². The monoisotopic (exact) mass is 474 g/mol. The number of hydrogen-bond donors (Lipinski definition) is 2. The van der Waals surface area contributed by atoms with E-state index in [1.807, 2.05) is 86.5 Å². The Hall–Kier alpha value is -3.32. The number of carbonyl (C=O) groups excluding carboxylic acids is 2. The molecule has 2 unspecified atom stereocenters. The second-order valence-corrected chi connectivity index (χ2v) is 9.52. The molecule has 176 valence electrons. The van der Waals surface area contributed by atoms with Crippen LogP contribution in [0.15, 0.2) is 82.0 Å². The summed E-state index contributed by atoms with van der Waals surface area (Å²) in [4.78, 5) is 33.1. The average Bonchev–Trinajstić information content (AvgIpc) is 3.20. The highest BCUT2D eigenvalue weighted by atomic mass is 32.2. The highest BCUT2D eigenvalue weighted by Crippen LogP contribution is 2.44. The Morgan fingerprint density at radius 2 is 1.88 bits per heavy atom. The lowest BCUT2D eigenvalue weighted by atomic mass is 9.92. The lowest BCUT2D eigenvalue weighted by Gasteiger charge is -2.36. The van der Waals surface area contributed by atoms with E-state index >= 15 is 0 Å². The number of benzene rings is 2. The first-order chi connectivity index (χ1) is 16.4. The van der Waals surface area contributed by atoms with Gasteiger partial charge in [0.1, 0.15) is 0 Å². The Labute approximate surface area is 205 Å². The molecule has 0 radical (unpaired) electrons. The number of rotatable bonds is 7. The zero-order valence-electron chi connectivity index (χ0n) is 20.0. The highest BCUT2D eigenvalue weighted by Gasteiger charge is 2.40. The number of para-hydroxylation sites is 1. The number of hydrogen-bond acceptors (Lipinski definition) is 5. The molecule has 0 bridgehead atoms. The maximum Gasteiger partial charge on any atom is 0.255 e. The van der Waals surface area contributed by atoms with Crippen LogP contribution in [0, 0.1) is 6.92 Å². The Balaban J connectivity index is 1.71. The number of fused-ring (bicyclic) bond motifs is 1. The van der Waals surface area contributed by atoms with Gasteiger partial charge >= 0.3 is 0 Å². The van der Waals surface area contributed by atoms with Crippen molar-refractivity contribution in [2.24, 2.45) is 4.99 Å². The maximum absolute atomic E-state index is 13.6. The highest BCUT2D eigenvalue weighted by molar-refractivity contribution is 8.16. The van der Waals surface area contributed by atoms with Crippen LogP contribution in [-0.4, -0.2) is 27.9 Å². The minimum atomic E-state index is -0.381. The molecule has 7 heteroatoms.